The fourth-order valence-electron chi connectivity index (χ4n) is 0.917. The number of rotatable bonds is 2. The molecular formula is C9H9ClN2. The molecule has 0 saturated heterocycles. The highest BCUT2D eigenvalue weighted by atomic mass is 35.5. The molecule has 0 aromatic heterocycles. The monoisotopic (exact) mass is 180 g/mol. The van der Waals surface area contributed by atoms with Gasteiger partial charge in [-0.25, -0.2) is 0 Å². The maximum absolute atomic E-state index is 8.52. The highest BCUT2D eigenvalue weighted by molar-refractivity contribution is 6.31. The van der Waals surface area contributed by atoms with Gasteiger partial charge in [-0.3, -0.25) is 0 Å². The summed E-state index contributed by atoms with van der Waals surface area (Å²) < 4.78 is 0. The fraction of sp³-hybridized carbons (Fsp3) is 0.222. The molecule has 0 atom stereocenters. The van der Waals surface area contributed by atoms with E-state index in [1.807, 2.05) is 30.5 Å². The normalized spacial score (nSPS) is 9.08. The first-order chi connectivity index (χ1) is 5.74. The van der Waals surface area contributed by atoms with Crippen molar-refractivity contribution in [2.45, 2.75) is 6.54 Å². The van der Waals surface area contributed by atoms with Crippen molar-refractivity contribution in [3.05, 3.63) is 34.9 Å². The first kappa shape index (κ1) is 8.89. The second-order valence-electron chi connectivity index (χ2n) is 2.55. The Morgan fingerprint density at radius 1 is 1.50 bits per heavy atom. The fourth-order valence-corrected chi connectivity index (χ4v) is 1.11. The van der Waals surface area contributed by atoms with Gasteiger partial charge < -0.3 is 4.90 Å². The summed E-state index contributed by atoms with van der Waals surface area (Å²) in [5, 5.41) is 9.23. The number of hydrogen-bond acceptors (Lipinski definition) is 2. The van der Waals surface area contributed by atoms with Gasteiger partial charge in [-0.2, -0.15) is 5.26 Å². The summed E-state index contributed by atoms with van der Waals surface area (Å²) in [5.74, 6) is 0. The van der Waals surface area contributed by atoms with Crippen LogP contribution in [0.4, 0.5) is 0 Å². The molecular weight excluding hydrogens is 172 g/mol. The zero-order valence-electron chi connectivity index (χ0n) is 6.79. The Bertz CT molecular complexity index is 304. The molecule has 0 unspecified atom stereocenters. The Labute approximate surface area is 77.0 Å². The Morgan fingerprint density at radius 2 is 2.17 bits per heavy atom. The van der Waals surface area contributed by atoms with E-state index in [2.05, 4.69) is 0 Å². The summed E-state index contributed by atoms with van der Waals surface area (Å²) in [6.07, 6.45) is 2.02. The predicted molar refractivity (Wildman–Crippen MR) is 48.5 cm³/mol. The largest absolute Gasteiger partial charge is 0.309 e. The molecule has 0 N–H and O–H groups in total. The second kappa shape index (κ2) is 3.99. The van der Waals surface area contributed by atoms with Crippen LogP contribution in [0.1, 0.15) is 5.56 Å². The molecule has 1 aromatic carbocycles. The molecule has 0 fully saturated rings. The van der Waals surface area contributed by atoms with Crippen molar-refractivity contribution >= 4 is 11.6 Å². The summed E-state index contributed by atoms with van der Waals surface area (Å²) in [6, 6.07) is 7.52. The minimum absolute atomic E-state index is 0.566. The van der Waals surface area contributed by atoms with Crippen LogP contribution in [0, 0.1) is 11.5 Å². The van der Waals surface area contributed by atoms with Crippen molar-refractivity contribution in [2.75, 3.05) is 7.05 Å². The summed E-state index contributed by atoms with van der Waals surface area (Å²) >= 11 is 5.89. The van der Waals surface area contributed by atoms with Gasteiger partial charge in [0.2, 0.25) is 0 Å². The lowest BCUT2D eigenvalue weighted by molar-refractivity contribution is 0.469. The highest BCUT2D eigenvalue weighted by Gasteiger charge is 2.00. The zero-order valence-corrected chi connectivity index (χ0v) is 7.54. The van der Waals surface area contributed by atoms with E-state index in [0.717, 1.165) is 5.56 Å². The molecule has 0 aliphatic carbocycles. The molecule has 12 heavy (non-hydrogen) atoms. The van der Waals surface area contributed by atoms with Gasteiger partial charge in [0.05, 0.1) is 6.54 Å². The van der Waals surface area contributed by atoms with Crippen LogP contribution in [0.3, 0.4) is 0 Å². The summed E-state index contributed by atoms with van der Waals surface area (Å²) in [5.41, 5.74) is 0.975. The third-order valence-corrected chi connectivity index (χ3v) is 1.90. The first-order valence-electron chi connectivity index (χ1n) is 3.58. The summed E-state index contributed by atoms with van der Waals surface area (Å²) in [4.78, 5) is 1.53. The average molecular weight is 181 g/mol. The van der Waals surface area contributed by atoms with Crippen molar-refractivity contribution in [2.24, 2.45) is 0 Å². The Morgan fingerprint density at radius 3 is 2.75 bits per heavy atom. The highest BCUT2D eigenvalue weighted by Crippen LogP contribution is 2.15. The maximum Gasteiger partial charge on any atom is 0.179 e. The maximum atomic E-state index is 8.52. The van der Waals surface area contributed by atoms with Crippen LogP contribution in [0.15, 0.2) is 24.3 Å². The van der Waals surface area contributed by atoms with Crippen LogP contribution >= 0.6 is 11.6 Å². The number of nitriles is 1. The standard InChI is InChI=1S/C9H9ClN2/c1-12(7-11)6-8-4-2-3-5-9(8)10/h2-5H,6H2,1H3. The van der Waals surface area contributed by atoms with Gasteiger partial charge in [0.15, 0.2) is 6.19 Å². The lowest BCUT2D eigenvalue weighted by Crippen LogP contribution is -2.10. The smallest absolute Gasteiger partial charge is 0.179 e. The van der Waals surface area contributed by atoms with Gasteiger partial charge in [-0.1, -0.05) is 29.8 Å². The summed E-state index contributed by atoms with van der Waals surface area (Å²) in [7, 11) is 1.73. The van der Waals surface area contributed by atoms with Crippen LogP contribution in [0.2, 0.25) is 5.02 Å². The van der Waals surface area contributed by atoms with Crippen LogP contribution in [-0.4, -0.2) is 11.9 Å². The third-order valence-electron chi connectivity index (χ3n) is 1.54. The van der Waals surface area contributed by atoms with E-state index < -0.39 is 0 Å². The SMILES string of the molecule is CN(C#N)Cc1ccccc1Cl. The lowest BCUT2D eigenvalue weighted by atomic mass is 10.2. The van der Waals surface area contributed by atoms with E-state index in [0.29, 0.717) is 11.6 Å². The van der Waals surface area contributed by atoms with Crippen LogP contribution < -0.4 is 0 Å². The molecule has 1 rings (SSSR count). The molecule has 0 aliphatic heterocycles. The number of nitrogens with zero attached hydrogens (tertiary/aromatic N) is 2. The first-order valence-corrected chi connectivity index (χ1v) is 3.96. The van der Waals surface area contributed by atoms with E-state index in [-0.39, 0.29) is 0 Å². The van der Waals surface area contributed by atoms with Crippen LogP contribution in [0.25, 0.3) is 0 Å². The molecule has 2 nitrogen and oxygen atoms in total. The quantitative estimate of drug-likeness (QED) is 0.516. The number of benzene rings is 1. The van der Waals surface area contributed by atoms with Gasteiger partial charge in [0.25, 0.3) is 0 Å². The van der Waals surface area contributed by atoms with Gasteiger partial charge >= 0.3 is 0 Å². The Balaban J connectivity index is 2.77. The van der Waals surface area contributed by atoms with Gasteiger partial charge in [-0.05, 0) is 11.6 Å². The van der Waals surface area contributed by atoms with E-state index in [9.17, 15) is 0 Å². The van der Waals surface area contributed by atoms with Crippen molar-refractivity contribution in [3.63, 3.8) is 0 Å². The molecule has 1 aromatic rings. The molecule has 0 amide bonds. The number of halogens is 1. The molecule has 0 heterocycles. The predicted octanol–water partition coefficient (Wildman–Crippen LogP) is 2.25. The number of hydrogen-bond donors (Lipinski definition) is 0. The second-order valence-corrected chi connectivity index (χ2v) is 2.95. The Kier molecular flexibility index (Phi) is 2.95. The van der Waals surface area contributed by atoms with Crippen LogP contribution in [-0.2, 0) is 6.54 Å². The van der Waals surface area contributed by atoms with Gasteiger partial charge in [0.1, 0.15) is 0 Å². The van der Waals surface area contributed by atoms with Crippen molar-refractivity contribution < 1.29 is 0 Å². The van der Waals surface area contributed by atoms with Crippen LogP contribution in [0.5, 0.6) is 0 Å². The zero-order chi connectivity index (χ0) is 8.97. The van der Waals surface area contributed by atoms with E-state index in [4.69, 9.17) is 16.9 Å². The van der Waals surface area contributed by atoms with Crippen molar-refractivity contribution in [1.29, 1.82) is 5.26 Å². The van der Waals surface area contributed by atoms with Crippen molar-refractivity contribution in [3.8, 4) is 6.19 Å². The third kappa shape index (κ3) is 2.14. The van der Waals surface area contributed by atoms with E-state index in [1.54, 1.807) is 7.05 Å². The average Bonchev–Trinajstić information content (AvgIpc) is 2.09. The topological polar surface area (TPSA) is 27.0 Å². The molecule has 0 spiro atoms. The molecule has 3 heteroatoms. The van der Waals surface area contributed by atoms with Gasteiger partial charge in [0, 0.05) is 12.1 Å². The molecule has 0 saturated carbocycles. The molecule has 0 bridgehead atoms. The lowest BCUT2D eigenvalue weighted by Gasteiger charge is -2.09. The minimum atomic E-state index is 0.566. The van der Waals surface area contributed by atoms with E-state index in [1.165, 1.54) is 4.90 Å². The molecule has 0 aliphatic rings. The van der Waals surface area contributed by atoms with E-state index >= 15 is 0 Å². The molecule has 62 valence electrons. The minimum Gasteiger partial charge on any atom is -0.309 e. The molecule has 0 radical (unpaired) electrons. The van der Waals surface area contributed by atoms with Gasteiger partial charge in [-0.15, -0.1) is 0 Å². The Hall–Kier alpha value is -1.20. The summed E-state index contributed by atoms with van der Waals surface area (Å²) in [6.45, 7) is 0.566. The van der Waals surface area contributed by atoms with Crippen molar-refractivity contribution in [1.82, 2.24) is 4.90 Å².